The van der Waals surface area contributed by atoms with Crippen LogP contribution < -0.4 is 10.6 Å². The second-order valence-corrected chi connectivity index (χ2v) is 7.86. The fraction of sp³-hybridized carbons (Fsp3) is 0.588. The number of hydrogen-bond acceptors (Lipinski definition) is 3. The Balaban J connectivity index is 2.48. The molecule has 3 N–H and O–H groups in total. The fourth-order valence-electron chi connectivity index (χ4n) is 1.91. The monoisotopic (exact) mass is 324 g/mol. The average molecular weight is 324 g/mol. The number of aliphatic hydroxyl groups is 1. The number of amides is 2. The first-order valence-electron chi connectivity index (χ1n) is 7.51. The number of thioether (sulfide) groups is 1. The van der Waals surface area contributed by atoms with Gasteiger partial charge in [-0.1, -0.05) is 32.9 Å². The molecule has 1 rings (SSSR count). The Morgan fingerprint density at radius 3 is 2.27 bits per heavy atom. The number of nitrogens with one attached hydrogen (secondary N) is 2. The molecule has 0 aliphatic carbocycles. The lowest BCUT2D eigenvalue weighted by molar-refractivity contribution is 0.0599. The number of hydrogen-bond donors (Lipinski definition) is 3. The summed E-state index contributed by atoms with van der Waals surface area (Å²) in [5, 5.41) is 15.6. The Kier molecular flexibility index (Phi) is 6.75. The van der Waals surface area contributed by atoms with Crippen molar-refractivity contribution < 1.29 is 9.90 Å². The molecule has 0 aliphatic heterocycles. The largest absolute Gasteiger partial charge is 0.388 e. The van der Waals surface area contributed by atoms with Gasteiger partial charge < -0.3 is 15.7 Å². The van der Waals surface area contributed by atoms with E-state index in [0.717, 1.165) is 11.4 Å². The minimum Gasteiger partial charge on any atom is -0.388 e. The van der Waals surface area contributed by atoms with Gasteiger partial charge in [0, 0.05) is 12.2 Å². The molecule has 5 heteroatoms. The van der Waals surface area contributed by atoms with Crippen molar-refractivity contribution in [1.29, 1.82) is 0 Å². The first-order valence-corrected chi connectivity index (χ1v) is 8.90. The molecule has 0 spiro atoms. The van der Waals surface area contributed by atoms with Crippen molar-refractivity contribution in [3.8, 4) is 0 Å². The van der Waals surface area contributed by atoms with Crippen molar-refractivity contribution in [3.05, 3.63) is 29.8 Å². The van der Waals surface area contributed by atoms with Gasteiger partial charge in [-0.05, 0) is 48.5 Å². The molecule has 1 aromatic rings. The molecule has 1 atom stereocenters. The highest BCUT2D eigenvalue weighted by atomic mass is 32.2. The molecule has 0 heterocycles. The quantitative estimate of drug-likeness (QED) is 0.749. The van der Waals surface area contributed by atoms with E-state index in [0.29, 0.717) is 6.42 Å². The standard InChI is InChI=1S/C17H28N2O2S/c1-16(2,3)13-6-8-14(9-7-13)19-15(20)18-12-17(4,21)10-11-22-5/h6-9,21H,10-12H2,1-5H3,(H2,18,19,20). The number of urea groups is 1. The summed E-state index contributed by atoms with van der Waals surface area (Å²) in [7, 11) is 0. The molecule has 1 aromatic carbocycles. The highest BCUT2D eigenvalue weighted by Crippen LogP contribution is 2.23. The Morgan fingerprint density at radius 1 is 1.18 bits per heavy atom. The summed E-state index contributed by atoms with van der Waals surface area (Å²) in [5.74, 6) is 0.866. The maximum Gasteiger partial charge on any atom is 0.319 e. The summed E-state index contributed by atoms with van der Waals surface area (Å²) in [4.78, 5) is 11.9. The summed E-state index contributed by atoms with van der Waals surface area (Å²) >= 11 is 1.68. The van der Waals surface area contributed by atoms with Gasteiger partial charge in [0.25, 0.3) is 0 Å². The molecular weight excluding hydrogens is 296 g/mol. The van der Waals surface area contributed by atoms with Crippen LogP contribution in [0.2, 0.25) is 0 Å². The fourth-order valence-corrected chi connectivity index (χ4v) is 2.55. The van der Waals surface area contributed by atoms with Crippen molar-refractivity contribution in [2.24, 2.45) is 0 Å². The van der Waals surface area contributed by atoms with Gasteiger partial charge in [-0.3, -0.25) is 0 Å². The van der Waals surface area contributed by atoms with Crippen LogP contribution in [0.25, 0.3) is 0 Å². The summed E-state index contributed by atoms with van der Waals surface area (Å²) in [6.45, 7) is 8.43. The van der Waals surface area contributed by atoms with Gasteiger partial charge in [-0.15, -0.1) is 0 Å². The van der Waals surface area contributed by atoms with Crippen LogP contribution in [0, 0.1) is 0 Å². The van der Waals surface area contributed by atoms with Gasteiger partial charge in [0.1, 0.15) is 0 Å². The predicted molar refractivity (Wildman–Crippen MR) is 95.8 cm³/mol. The van der Waals surface area contributed by atoms with Crippen LogP contribution in [0.4, 0.5) is 10.5 Å². The zero-order valence-electron chi connectivity index (χ0n) is 14.2. The van der Waals surface area contributed by atoms with Gasteiger partial charge in [0.15, 0.2) is 0 Å². The van der Waals surface area contributed by atoms with E-state index in [9.17, 15) is 9.90 Å². The Labute approximate surface area is 138 Å². The van der Waals surface area contributed by atoms with Gasteiger partial charge in [-0.2, -0.15) is 11.8 Å². The van der Waals surface area contributed by atoms with Crippen LogP contribution in [-0.2, 0) is 5.41 Å². The van der Waals surface area contributed by atoms with Crippen LogP contribution in [0.15, 0.2) is 24.3 Å². The molecule has 22 heavy (non-hydrogen) atoms. The molecule has 4 nitrogen and oxygen atoms in total. The van der Waals surface area contributed by atoms with Crippen LogP contribution in [0.5, 0.6) is 0 Å². The van der Waals surface area contributed by atoms with Crippen molar-refractivity contribution in [3.63, 3.8) is 0 Å². The van der Waals surface area contributed by atoms with Crippen LogP contribution in [0.3, 0.4) is 0 Å². The topological polar surface area (TPSA) is 61.4 Å². The van der Waals surface area contributed by atoms with Crippen molar-refractivity contribution in [1.82, 2.24) is 5.32 Å². The molecule has 0 radical (unpaired) electrons. The van der Waals surface area contributed by atoms with E-state index in [1.54, 1.807) is 18.7 Å². The minimum absolute atomic E-state index is 0.0940. The third-order valence-electron chi connectivity index (χ3n) is 3.48. The van der Waals surface area contributed by atoms with E-state index in [-0.39, 0.29) is 18.0 Å². The predicted octanol–water partition coefficient (Wildman–Crippen LogP) is 3.61. The lowest BCUT2D eigenvalue weighted by Gasteiger charge is -2.23. The summed E-state index contributed by atoms with van der Waals surface area (Å²) in [5.41, 5.74) is 1.18. The van der Waals surface area contributed by atoms with E-state index < -0.39 is 5.60 Å². The molecule has 0 bridgehead atoms. The molecule has 0 saturated heterocycles. The summed E-state index contributed by atoms with van der Waals surface area (Å²) in [6, 6.07) is 7.53. The Bertz CT molecular complexity index is 478. The zero-order valence-corrected chi connectivity index (χ0v) is 15.0. The van der Waals surface area contributed by atoms with Gasteiger partial charge in [0.2, 0.25) is 0 Å². The average Bonchev–Trinajstić information content (AvgIpc) is 2.43. The summed E-state index contributed by atoms with van der Waals surface area (Å²) in [6.07, 6.45) is 2.65. The number of benzene rings is 1. The SMILES string of the molecule is CSCCC(C)(O)CNC(=O)Nc1ccc(C(C)(C)C)cc1. The van der Waals surface area contributed by atoms with Crippen molar-refractivity contribution in [2.45, 2.75) is 45.1 Å². The summed E-state index contributed by atoms with van der Waals surface area (Å²) < 4.78 is 0. The molecule has 0 fully saturated rings. The highest BCUT2D eigenvalue weighted by molar-refractivity contribution is 7.98. The van der Waals surface area contributed by atoms with Gasteiger partial charge in [0.05, 0.1) is 5.60 Å². The molecule has 0 saturated carbocycles. The van der Waals surface area contributed by atoms with E-state index in [2.05, 4.69) is 31.4 Å². The lowest BCUT2D eigenvalue weighted by atomic mass is 9.87. The molecular formula is C17H28N2O2S. The smallest absolute Gasteiger partial charge is 0.319 e. The van der Waals surface area contributed by atoms with Crippen LogP contribution in [-0.4, -0.2) is 35.3 Å². The highest BCUT2D eigenvalue weighted by Gasteiger charge is 2.20. The molecule has 2 amide bonds. The van der Waals surface area contributed by atoms with E-state index in [1.165, 1.54) is 5.56 Å². The molecule has 0 aromatic heterocycles. The Hall–Kier alpha value is -1.20. The zero-order chi connectivity index (χ0) is 16.8. The number of rotatable bonds is 6. The van der Waals surface area contributed by atoms with E-state index in [4.69, 9.17) is 0 Å². The maximum absolute atomic E-state index is 11.9. The molecule has 0 aliphatic rings. The van der Waals surface area contributed by atoms with Crippen molar-refractivity contribution >= 4 is 23.5 Å². The van der Waals surface area contributed by atoms with Gasteiger partial charge >= 0.3 is 6.03 Å². The first-order chi connectivity index (χ1) is 10.1. The number of anilines is 1. The number of carbonyl (C=O) groups is 1. The minimum atomic E-state index is -0.879. The first kappa shape index (κ1) is 18.8. The van der Waals surface area contributed by atoms with Gasteiger partial charge in [-0.25, -0.2) is 4.79 Å². The second-order valence-electron chi connectivity index (χ2n) is 6.87. The number of carbonyl (C=O) groups excluding carboxylic acids is 1. The van der Waals surface area contributed by atoms with E-state index in [1.807, 2.05) is 30.5 Å². The third-order valence-corrected chi connectivity index (χ3v) is 4.10. The lowest BCUT2D eigenvalue weighted by Crippen LogP contribution is -2.42. The maximum atomic E-state index is 11.9. The molecule has 1 unspecified atom stereocenters. The van der Waals surface area contributed by atoms with E-state index >= 15 is 0 Å². The molecule has 124 valence electrons. The normalized spacial score (nSPS) is 14.3. The Morgan fingerprint density at radius 2 is 1.77 bits per heavy atom. The van der Waals surface area contributed by atoms with Crippen molar-refractivity contribution in [2.75, 3.05) is 23.9 Å². The third kappa shape index (κ3) is 6.71. The second kappa shape index (κ2) is 7.88. The van der Waals surface area contributed by atoms with Crippen LogP contribution >= 0.6 is 11.8 Å². The van der Waals surface area contributed by atoms with Crippen LogP contribution in [0.1, 0.15) is 39.7 Å².